The number of nitrogens with one attached hydrogen (secondary N) is 1. The molecule has 1 N–H and O–H groups in total. The van der Waals surface area contributed by atoms with Crippen molar-refractivity contribution in [1.29, 1.82) is 0 Å². The van der Waals surface area contributed by atoms with Crippen molar-refractivity contribution in [3.63, 3.8) is 0 Å². The molecule has 0 aliphatic rings. The van der Waals surface area contributed by atoms with Crippen molar-refractivity contribution in [1.82, 2.24) is 9.55 Å². The molecule has 3 nitrogen and oxygen atoms in total. The lowest BCUT2D eigenvalue weighted by molar-refractivity contribution is 0.705. The summed E-state index contributed by atoms with van der Waals surface area (Å²) in [4.78, 5) is 4.65. The molecule has 1 aromatic heterocycles. The Morgan fingerprint density at radius 1 is 0.793 bits per heavy atom. The minimum atomic E-state index is 0.656. The molecule has 4 rings (SSSR count). The molecule has 0 atom stereocenters. The second-order valence-electron chi connectivity index (χ2n) is 6.84. The molecule has 0 amide bonds. The second kappa shape index (κ2) is 9.17. The molecule has 3 aromatic carbocycles. The third kappa shape index (κ3) is 5.00. The zero-order chi connectivity index (χ0) is 20.1. The Bertz CT molecular complexity index is 1070. The van der Waals surface area contributed by atoms with E-state index in [0.29, 0.717) is 6.54 Å². The summed E-state index contributed by atoms with van der Waals surface area (Å²) in [6.07, 6.45) is 2.83. The van der Waals surface area contributed by atoms with E-state index in [1.807, 2.05) is 54.7 Å². The third-order valence-electron chi connectivity index (χ3n) is 4.80. The molecule has 0 aliphatic heterocycles. The van der Waals surface area contributed by atoms with Crippen LogP contribution in [-0.2, 0) is 19.5 Å². The highest BCUT2D eigenvalue weighted by molar-refractivity contribution is 6.30. The van der Waals surface area contributed by atoms with Crippen LogP contribution in [0.15, 0.2) is 85.1 Å². The summed E-state index contributed by atoms with van der Waals surface area (Å²) >= 11 is 12.2. The van der Waals surface area contributed by atoms with E-state index in [1.165, 1.54) is 5.56 Å². The molecule has 0 radical (unpaired) electrons. The first-order valence-corrected chi connectivity index (χ1v) is 10.3. The largest absolute Gasteiger partial charge is 0.352 e. The molecule has 5 heteroatoms. The van der Waals surface area contributed by atoms with Gasteiger partial charge in [0, 0.05) is 23.1 Å². The Morgan fingerprint density at radius 2 is 1.55 bits per heavy atom. The zero-order valence-electron chi connectivity index (χ0n) is 15.9. The summed E-state index contributed by atoms with van der Waals surface area (Å²) in [6.45, 7) is 1.48. The van der Waals surface area contributed by atoms with Gasteiger partial charge in [0.15, 0.2) is 0 Å². The summed E-state index contributed by atoms with van der Waals surface area (Å²) in [5.74, 6) is 0.839. The van der Waals surface area contributed by atoms with E-state index in [9.17, 15) is 0 Å². The summed E-state index contributed by atoms with van der Waals surface area (Å²) in [6, 6.07) is 26.2. The van der Waals surface area contributed by atoms with Gasteiger partial charge >= 0.3 is 0 Å². The van der Waals surface area contributed by atoms with E-state index in [-0.39, 0.29) is 0 Å². The van der Waals surface area contributed by atoms with Crippen LogP contribution in [0.2, 0.25) is 10.0 Å². The Kier molecular flexibility index (Phi) is 6.18. The van der Waals surface area contributed by atoms with Crippen molar-refractivity contribution in [2.45, 2.75) is 19.5 Å². The Morgan fingerprint density at radius 3 is 2.31 bits per heavy atom. The fraction of sp³-hybridized carbons (Fsp3) is 0.125. The summed E-state index contributed by atoms with van der Waals surface area (Å²) in [5.41, 5.74) is 4.56. The third-order valence-corrected chi connectivity index (χ3v) is 5.29. The van der Waals surface area contributed by atoms with Crippen LogP contribution in [0.25, 0.3) is 11.3 Å². The highest BCUT2D eigenvalue weighted by Crippen LogP contribution is 2.26. The number of aryl methyl sites for hydroxylation is 1. The smallest absolute Gasteiger partial charge is 0.203 e. The quantitative estimate of drug-likeness (QED) is 0.359. The lowest BCUT2D eigenvalue weighted by Crippen LogP contribution is -2.10. The van der Waals surface area contributed by atoms with E-state index in [2.05, 4.69) is 45.2 Å². The van der Waals surface area contributed by atoms with Gasteiger partial charge in [0.2, 0.25) is 5.95 Å². The van der Waals surface area contributed by atoms with Crippen molar-refractivity contribution in [2.75, 3.05) is 5.32 Å². The normalized spacial score (nSPS) is 10.8. The van der Waals surface area contributed by atoms with Crippen LogP contribution in [0, 0.1) is 0 Å². The van der Waals surface area contributed by atoms with Gasteiger partial charge in [0.25, 0.3) is 0 Å². The number of hydrogen-bond donors (Lipinski definition) is 1. The highest BCUT2D eigenvalue weighted by Gasteiger charge is 2.12. The van der Waals surface area contributed by atoms with Crippen LogP contribution in [0.3, 0.4) is 0 Å². The number of rotatable bonds is 7. The lowest BCUT2D eigenvalue weighted by Gasteiger charge is -2.14. The van der Waals surface area contributed by atoms with E-state index in [1.54, 1.807) is 0 Å². The Hall–Kier alpha value is -2.75. The van der Waals surface area contributed by atoms with E-state index >= 15 is 0 Å². The maximum Gasteiger partial charge on any atom is 0.203 e. The van der Waals surface area contributed by atoms with Crippen LogP contribution in [0.4, 0.5) is 5.95 Å². The summed E-state index contributed by atoms with van der Waals surface area (Å²) in [5, 5.41) is 4.92. The molecule has 29 heavy (non-hydrogen) atoms. The van der Waals surface area contributed by atoms with E-state index < -0.39 is 0 Å². The minimum absolute atomic E-state index is 0.656. The second-order valence-corrected chi connectivity index (χ2v) is 7.72. The number of anilines is 1. The fourth-order valence-electron chi connectivity index (χ4n) is 3.31. The SMILES string of the molecule is Clc1ccc(-c2cnc(NCc3cccc(Cl)c3)n2CCc2ccccc2)cc1. The molecule has 0 spiro atoms. The minimum Gasteiger partial charge on any atom is -0.352 e. The van der Waals surface area contributed by atoms with Gasteiger partial charge in [-0.2, -0.15) is 0 Å². The molecule has 0 saturated carbocycles. The monoisotopic (exact) mass is 421 g/mol. The summed E-state index contributed by atoms with van der Waals surface area (Å²) in [7, 11) is 0. The average Bonchev–Trinajstić information content (AvgIpc) is 3.15. The van der Waals surface area contributed by atoms with Gasteiger partial charge < -0.3 is 9.88 Å². The van der Waals surface area contributed by atoms with E-state index in [4.69, 9.17) is 23.2 Å². The number of benzene rings is 3. The molecule has 0 aliphatic carbocycles. The maximum atomic E-state index is 6.11. The molecule has 4 aromatic rings. The molecule has 0 fully saturated rings. The van der Waals surface area contributed by atoms with Crippen molar-refractivity contribution in [2.24, 2.45) is 0 Å². The highest BCUT2D eigenvalue weighted by atomic mass is 35.5. The molecular formula is C24H21Cl2N3. The van der Waals surface area contributed by atoms with Crippen molar-refractivity contribution >= 4 is 29.2 Å². The lowest BCUT2D eigenvalue weighted by atomic mass is 10.1. The van der Waals surface area contributed by atoms with Crippen molar-refractivity contribution < 1.29 is 0 Å². The first kappa shape index (κ1) is 19.6. The standard InChI is InChI=1S/C24H21Cl2N3/c25-21-11-9-20(10-12-21)23-17-28-24(27-16-19-7-4-8-22(26)15-19)29(23)14-13-18-5-2-1-3-6-18/h1-12,15,17H,13-14,16H2,(H,27,28). The zero-order valence-corrected chi connectivity index (χ0v) is 17.4. The van der Waals surface area contributed by atoms with E-state index in [0.717, 1.165) is 45.8 Å². The topological polar surface area (TPSA) is 29.9 Å². The van der Waals surface area contributed by atoms with Crippen LogP contribution in [0.1, 0.15) is 11.1 Å². The average molecular weight is 422 g/mol. The van der Waals surface area contributed by atoms with Gasteiger partial charge in [-0.05, 0) is 47.4 Å². The van der Waals surface area contributed by atoms with Gasteiger partial charge in [-0.3, -0.25) is 0 Å². The van der Waals surface area contributed by atoms with Gasteiger partial charge in [0.05, 0.1) is 11.9 Å². The molecule has 146 valence electrons. The predicted octanol–water partition coefficient (Wildman–Crippen LogP) is 6.71. The number of halogens is 2. The van der Waals surface area contributed by atoms with Crippen LogP contribution in [0.5, 0.6) is 0 Å². The van der Waals surface area contributed by atoms with Crippen LogP contribution < -0.4 is 5.32 Å². The first-order valence-electron chi connectivity index (χ1n) is 9.53. The van der Waals surface area contributed by atoms with Gasteiger partial charge in [-0.15, -0.1) is 0 Å². The predicted molar refractivity (Wildman–Crippen MR) is 122 cm³/mol. The molecule has 0 bridgehead atoms. The van der Waals surface area contributed by atoms with Crippen LogP contribution in [-0.4, -0.2) is 9.55 Å². The van der Waals surface area contributed by atoms with Gasteiger partial charge in [-0.1, -0.05) is 77.8 Å². The summed E-state index contributed by atoms with van der Waals surface area (Å²) < 4.78 is 2.22. The molecule has 0 saturated heterocycles. The number of nitrogens with zero attached hydrogens (tertiary/aromatic N) is 2. The van der Waals surface area contributed by atoms with Crippen LogP contribution >= 0.6 is 23.2 Å². The molecular weight excluding hydrogens is 401 g/mol. The van der Waals surface area contributed by atoms with Crippen molar-refractivity contribution in [3.05, 3.63) is 106 Å². The number of aromatic nitrogens is 2. The number of imidazole rings is 1. The fourth-order valence-corrected chi connectivity index (χ4v) is 3.65. The molecule has 1 heterocycles. The first-order chi connectivity index (χ1) is 14.2. The molecule has 0 unspecified atom stereocenters. The van der Waals surface area contributed by atoms with Gasteiger partial charge in [0.1, 0.15) is 0 Å². The number of hydrogen-bond acceptors (Lipinski definition) is 2. The van der Waals surface area contributed by atoms with Crippen molar-refractivity contribution in [3.8, 4) is 11.3 Å². The Labute approximate surface area is 180 Å². The van der Waals surface area contributed by atoms with Gasteiger partial charge in [-0.25, -0.2) is 4.98 Å². The maximum absolute atomic E-state index is 6.11. The Balaban J connectivity index is 1.60.